The summed E-state index contributed by atoms with van der Waals surface area (Å²) >= 11 is 1.13. The minimum atomic E-state index is -3.58. The molecule has 8 heteroatoms. The van der Waals surface area contributed by atoms with Crippen LogP contribution in [0, 0.1) is 5.92 Å². The van der Waals surface area contributed by atoms with E-state index in [1.807, 2.05) is 6.92 Å². The summed E-state index contributed by atoms with van der Waals surface area (Å²) in [6.07, 6.45) is 1.93. The number of hydrogen-bond acceptors (Lipinski definition) is 5. The van der Waals surface area contributed by atoms with Crippen molar-refractivity contribution in [3.8, 4) is 0 Å². The molecule has 118 valence electrons. The van der Waals surface area contributed by atoms with Crippen LogP contribution in [0.4, 0.5) is 0 Å². The van der Waals surface area contributed by atoms with Crippen molar-refractivity contribution in [2.24, 2.45) is 11.7 Å². The number of piperidine rings is 1. The van der Waals surface area contributed by atoms with Crippen LogP contribution in [0.25, 0.3) is 0 Å². The standard InChI is InChI=1S/C13H21N3O3S2/c1-10(14)11-4-2-6-16(9-11)12(17)8-15-21(18,19)13-5-3-7-20-13/h3,5,7,10-11,15H,2,4,6,8-9,14H2,1H3. The van der Waals surface area contributed by atoms with Gasteiger partial charge in [0, 0.05) is 19.1 Å². The average Bonchev–Trinajstić information content (AvgIpc) is 3.00. The van der Waals surface area contributed by atoms with E-state index in [0.29, 0.717) is 13.1 Å². The van der Waals surface area contributed by atoms with Crippen molar-refractivity contribution in [2.45, 2.75) is 30.0 Å². The molecule has 1 aromatic heterocycles. The number of carbonyl (C=O) groups is 1. The first-order valence-corrected chi connectivity index (χ1v) is 9.33. The first-order chi connectivity index (χ1) is 9.90. The maximum Gasteiger partial charge on any atom is 0.250 e. The van der Waals surface area contributed by atoms with Crippen LogP contribution in [0.1, 0.15) is 19.8 Å². The second-order valence-corrected chi connectivity index (χ2v) is 8.30. The summed E-state index contributed by atoms with van der Waals surface area (Å²) in [5, 5.41) is 1.69. The fourth-order valence-corrected chi connectivity index (χ4v) is 4.43. The van der Waals surface area contributed by atoms with Crippen molar-refractivity contribution >= 4 is 27.3 Å². The van der Waals surface area contributed by atoms with Gasteiger partial charge in [-0.1, -0.05) is 6.07 Å². The molecule has 0 aliphatic carbocycles. The predicted molar refractivity (Wildman–Crippen MR) is 82.5 cm³/mol. The van der Waals surface area contributed by atoms with Gasteiger partial charge < -0.3 is 10.6 Å². The van der Waals surface area contributed by atoms with E-state index in [-0.39, 0.29) is 28.6 Å². The van der Waals surface area contributed by atoms with Crippen LogP contribution >= 0.6 is 11.3 Å². The van der Waals surface area contributed by atoms with Crippen molar-refractivity contribution in [1.82, 2.24) is 9.62 Å². The van der Waals surface area contributed by atoms with E-state index in [1.165, 1.54) is 6.07 Å². The first kappa shape index (κ1) is 16.4. The average molecular weight is 331 g/mol. The van der Waals surface area contributed by atoms with Gasteiger partial charge in [-0.2, -0.15) is 0 Å². The largest absolute Gasteiger partial charge is 0.341 e. The van der Waals surface area contributed by atoms with Gasteiger partial charge in [0.1, 0.15) is 4.21 Å². The Labute approximate surface area is 129 Å². The number of hydrogen-bond donors (Lipinski definition) is 2. The van der Waals surface area contributed by atoms with Crippen molar-refractivity contribution in [3.05, 3.63) is 17.5 Å². The Balaban J connectivity index is 1.90. The Morgan fingerprint density at radius 3 is 3.00 bits per heavy atom. The molecule has 3 N–H and O–H groups in total. The minimum absolute atomic E-state index is 0.0448. The number of amides is 1. The van der Waals surface area contributed by atoms with Gasteiger partial charge in [0.25, 0.3) is 10.0 Å². The van der Waals surface area contributed by atoms with Crippen LogP contribution in [-0.2, 0) is 14.8 Å². The molecule has 1 fully saturated rings. The highest BCUT2D eigenvalue weighted by atomic mass is 32.2. The SMILES string of the molecule is CC(N)C1CCCN(C(=O)CNS(=O)(=O)c2cccs2)C1. The monoisotopic (exact) mass is 331 g/mol. The lowest BCUT2D eigenvalue weighted by atomic mass is 9.92. The summed E-state index contributed by atoms with van der Waals surface area (Å²) in [7, 11) is -3.58. The highest BCUT2D eigenvalue weighted by Crippen LogP contribution is 2.19. The highest BCUT2D eigenvalue weighted by molar-refractivity contribution is 7.91. The Hall–Kier alpha value is -0.960. The summed E-state index contributed by atoms with van der Waals surface area (Å²) in [5.74, 6) is 0.0945. The van der Waals surface area contributed by atoms with E-state index in [4.69, 9.17) is 5.73 Å². The smallest absolute Gasteiger partial charge is 0.250 e. The van der Waals surface area contributed by atoms with Crippen LogP contribution in [0.3, 0.4) is 0 Å². The number of nitrogens with two attached hydrogens (primary N) is 1. The predicted octanol–water partition coefficient (Wildman–Crippen LogP) is 0.612. The highest BCUT2D eigenvalue weighted by Gasteiger charge is 2.26. The van der Waals surface area contributed by atoms with Crippen LogP contribution in [0.5, 0.6) is 0 Å². The number of sulfonamides is 1. The lowest BCUT2D eigenvalue weighted by molar-refractivity contribution is -0.131. The molecule has 6 nitrogen and oxygen atoms in total. The Morgan fingerprint density at radius 1 is 1.62 bits per heavy atom. The molecule has 1 saturated heterocycles. The molecular weight excluding hydrogens is 310 g/mol. The van der Waals surface area contributed by atoms with Crippen molar-refractivity contribution in [1.29, 1.82) is 0 Å². The molecule has 2 unspecified atom stereocenters. The van der Waals surface area contributed by atoms with Crippen LogP contribution in [0.2, 0.25) is 0 Å². The molecule has 0 bridgehead atoms. The van der Waals surface area contributed by atoms with Gasteiger partial charge in [-0.05, 0) is 37.1 Å². The summed E-state index contributed by atoms with van der Waals surface area (Å²) in [6.45, 7) is 3.02. The molecule has 2 heterocycles. The maximum absolute atomic E-state index is 12.1. The van der Waals surface area contributed by atoms with Gasteiger partial charge in [0.05, 0.1) is 6.54 Å². The van der Waals surface area contributed by atoms with Gasteiger partial charge in [-0.3, -0.25) is 4.79 Å². The molecule has 0 radical (unpaired) electrons. The van der Waals surface area contributed by atoms with Gasteiger partial charge in [0.15, 0.2) is 0 Å². The molecular formula is C13H21N3O3S2. The van der Waals surface area contributed by atoms with Crippen LogP contribution in [0.15, 0.2) is 21.7 Å². The first-order valence-electron chi connectivity index (χ1n) is 6.96. The zero-order chi connectivity index (χ0) is 15.5. The molecule has 2 atom stereocenters. The number of nitrogens with one attached hydrogen (secondary N) is 1. The lowest BCUT2D eigenvalue weighted by Gasteiger charge is -2.34. The third-order valence-corrected chi connectivity index (χ3v) is 6.53. The maximum atomic E-state index is 12.1. The van der Waals surface area contributed by atoms with Gasteiger partial charge in [0.2, 0.25) is 5.91 Å². The third-order valence-electron chi connectivity index (χ3n) is 3.73. The van der Waals surface area contributed by atoms with E-state index < -0.39 is 10.0 Å². The molecule has 0 spiro atoms. The second kappa shape index (κ2) is 6.87. The minimum Gasteiger partial charge on any atom is -0.341 e. The molecule has 1 aromatic rings. The summed E-state index contributed by atoms with van der Waals surface area (Å²) in [5.41, 5.74) is 5.89. The molecule has 2 rings (SSSR count). The molecule has 1 aliphatic heterocycles. The quantitative estimate of drug-likeness (QED) is 0.827. The van der Waals surface area contributed by atoms with E-state index in [9.17, 15) is 13.2 Å². The molecule has 0 aromatic carbocycles. The van der Waals surface area contributed by atoms with Gasteiger partial charge in [-0.25, -0.2) is 13.1 Å². The van der Waals surface area contributed by atoms with E-state index in [1.54, 1.807) is 16.3 Å². The molecule has 1 amide bonds. The van der Waals surface area contributed by atoms with Gasteiger partial charge in [-0.15, -0.1) is 11.3 Å². The van der Waals surface area contributed by atoms with E-state index >= 15 is 0 Å². The number of nitrogens with zero attached hydrogens (tertiary/aromatic N) is 1. The second-order valence-electron chi connectivity index (χ2n) is 5.36. The topological polar surface area (TPSA) is 92.5 Å². The van der Waals surface area contributed by atoms with E-state index in [2.05, 4.69) is 4.72 Å². The molecule has 21 heavy (non-hydrogen) atoms. The number of thiophene rings is 1. The number of likely N-dealkylation sites (tertiary alicyclic amines) is 1. The number of carbonyl (C=O) groups excluding carboxylic acids is 1. The Morgan fingerprint density at radius 2 is 2.38 bits per heavy atom. The fourth-order valence-electron chi connectivity index (χ4n) is 2.42. The van der Waals surface area contributed by atoms with Crippen molar-refractivity contribution in [3.63, 3.8) is 0 Å². The Bertz CT molecular complexity index is 569. The fraction of sp³-hybridized carbons (Fsp3) is 0.615. The lowest BCUT2D eigenvalue weighted by Crippen LogP contribution is -2.48. The normalized spacial score (nSPS) is 21.2. The zero-order valence-electron chi connectivity index (χ0n) is 12.0. The zero-order valence-corrected chi connectivity index (χ0v) is 13.6. The summed E-state index contributed by atoms with van der Waals surface area (Å²) in [4.78, 5) is 13.8. The van der Waals surface area contributed by atoms with Crippen molar-refractivity contribution < 1.29 is 13.2 Å². The summed E-state index contributed by atoms with van der Waals surface area (Å²) < 4.78 is 26.5. The molecule has 1 aliphatic rings. The Kier molecular flexibility index (Phi) is 5.37. The summed E-state index contributed by atoms with van der Waals surface area (Å²) in [6, 6.07) is 3.23. The van der Waals surface area contributed by atoms with E-state index in [0.717, 1.165) is 24.2 Å². The van der Waals surface area contributed by atoms with Gasteiger partial charge >= 0.3 is 0 Å². The molecule has 0 saturated carbocycles. The van der Waals surface area contributed by atoms with Crippen molar-refractivity contribution in [2.75, 3.05) is 19.6 Å². The van der Waals surface area contributed by atoms with Crippen LogP contribution < -0.4 is 10.5 Å². The van der Waals surface area contributed by atoms with Crippen LogP contribution in [-0.4, -0.2) is 44.9 Å². The third kappa shape index (κ3) is 4.26. The number of rotatable bonds is 5.